The van der Waals surface area contributed by atoms with E-state index in [-0.39, 0.29) is 59.6 Å². The summed E-state index contributed by atoms with van der Waals surface area (Å²) < 4.78 is 34.1. The number of H-pyrrole nitrogens is 1. The van der Waals surface area contributed by atoms with E-state index in [0.29, 0.717) is 6.07 Å². The molecule has 3 aromatic heterocycles. The molecule has 14 nitrogen and oxygen atoms in total. The lowest BCUT2D eigenvalue weighted by atomic mass is 10.1. The Hall–Kier alpha value is -5.67. The van der Waals surface area contributed by atoms with Crippen molar-refractivity contribution in [3.05, 3.63) is 82.8 Å². The van der Waals surface area contributed by atoms with Crippen LogP contribution in [0.15, 0.2) is 59.8 Å². The first-order valence-corrected chi connectivity index (χ1v) is 12.7. The van der Waals surface area contributed by atoms with Gasteiger partial charge >= 0.3 is 6.09 Å². The van der Waals surface area contributed by atoms with Crippen LogP contribution in [-0.4, -0.2) is 72.6 Å². The van der Waals surface area contributed by atoms with Gasteiger partial charge in [-0.2, -0.15) is 4.98 Å². The molecule has 0 spiro atoms. The molecule has 0 aliphatic carbocycles. The average Bonchev–Trinajstić information content (AvgIpc) is 3.37. The van der Waals surface area contributed by atoms with E-state index >= 15 is 0 Å². The van der Waals surface area contributed by atoms with Crippen molar-refractivity contribution in [1.82, 2.24) is 34.7 Å². The summed E-state index contributed by atoms with van der Waals surface area (Å²) in [4.78, 5) is 65.5. The standard InChI is InChI=1S/C27H26F2N8O6/c1-36(2)21(38)8-4-3-6-17(33-27(41)42)24(39)32-18-7-5-11-37(26(18)40)13-20-34-22-23(35-20)30-14-31-25(22)43-19-10-9-15(28)12-16(19)29/h4-5,7-12,14,17,33H,3,6,13H2,1-2H3,(H,32,39)(H,41,42)(H,30,31,34,35)/b8-4+. The van der Waals surface area contributed by atoms with Crippen LogP contribution >= 0.6 is 0 Å². The number of ether oxygens (including phenoxy) is 1. The molecule has 3 amide bonds. The van der Waals surface area contributed by atoms with E-state index in [9.17, 15) is 28.0 Å². The lowest BCUT2D eigenvalue weighted by Gasteiger charge is -2.16. The van der Waals surface area contributed by atoms with E-state index in [1.165, 1.54) is 39.9 Å². The summed E-state index contributed by atoms with van der Waals surface area (Å²) in [6.45, 7) is -0.106. The normalized spacial score (nSPS) is 11.8. The summed E-state index contributed by atoms with van der Waals surface area (Å²) in [5.41, 5.74) is -0.376. The zero-order valence-corrected chi connectivity index (χ0v) is 22.9. The fourth-order valence-electron chi connectivity index (χ4n) is 3.82. The van der Waals surface area contributed by atoms with Crippen LogP contribution in [0.5, 0.6) is 11.6 Å². The van der Waals surface area contributed by atoms with E-state index in [1.54, 1.807) is 14.1 Å². The van der Waals surface area contributed by atoms with Crippen molar-refractivity contribution >= 4 is 34.8 Å². The lowest BCUT2D eigenvalue weighted by Crippen LogP contribution is -2.44. The summed E-state index contributed by atoms with van der Waals surface area (Å²) in [6.07, 6.45) is 4.23. The van der Waals surface area contributed by atoms with Crippen LogP contribution in [0.4, 0.5) is 19.3 Å². The quantitative estimate of drug-likeness (QED) is 0.189. The highest BCUT2D eigenvalue weighted by molar-refractivity contribution is 5.96. The number of rotatable bonds is 11. The number of nitrogens with one attached hydrogen (secondary N) is 3. The summed E-state index contributed by atoms with van der Waals surface area (Å²) in [6, 6.07) is 4.45. The number of amides is 3. The number of allylic oxidation sites excluding steroid dienone is 1. The van der Waals surface area contributed by atoms with Gasteiger partial charge in [0.1, 0.15) is 35.2 Å². The molecule has 0 fully saturated rings. The number of imidazole rings is 1. The molecule has 0 radical (unpaired) electrons. The van der Waals surface area contributed by atoms with Crippen molar-refractivity contribution in [1.29, 1.82) is 0 Å². The summed E-state index contributed by atoms with van der Waals surface area (Å²) in [5, 5.41) is 13.7. The van der Waals surface area contributed by atoms with Gasteiger partial charge in [0.25, 0.3) is 5.56 Å². The molecule has 0 aliphatic heterocycles. The number of fused-ring (bicyclic) bond motifs is 1. The first kappa shape index (κ1) is 30.3. The van der Waals surface area contributed by atoms with E-state index in [1.807, 2.05) is 0 Å². The largest absolute Gasteiger partial charge is 0.465 e. The van der Waals surface area contributed by atoms with E-state index in [4.69, 9.17) is 9.84 Å². The third kappa shape index (κ3) is 7.75. The van der Waals surface area contributed by atoms with E-state index in [0.717, 1.165) is 18.5 Å². The molecule has 0 aliphatic rings. The Kier molecular flexibility index (Phi) is 9.39. The number of nitrogens with zero attached hydrogens (tertiary/aromatic N) is 5. The van der Waals surface area contributed by atoms with Gasteiger partial charge in [-0.25, -0.2) is 23.5 Å². The van der Waals surface area contributed by atoms with Crippen molar-refractivity contribution in [3.63, 3.8) is 0 Å². The lowest BCUT2D eigenvalue weighted by molar-refractivity contribution is -0.123. The van der Waals surface area contributed by atoms with Crippen molar-refractivity contribution in [3.8, 4) is 11.6 Å². The Labute approximate surface area is 242 Å². The molecule has 1 unspecified atom stereocenters. The van der Waals surface area contributed by atoms with Crippen LogP contribution in [0.2, 0.25) is 0 Å². The smallest absolute Gasteiger partial charge is 0.405 e. The number of carbonyl (C=O) groups excluding carboxylic acids is 2. The fourth-order valence-corrected chi connectivity index (χ4v) is 3.82. The van der Waals surface area contributed by atoms with Crippen LogP contribution < -0.4 is 20.9 Å². The van der Waals surface area contributed by atoms with Gasteiger partial charge in [-0.05, 0) is 43.2 Å². The number of carbonyl (C=O) groups is 3. The van der Waals surface area contributed by atoms with E-state index in [2.05, 4.69) is 30.6 Å². The van der Waals surface area contributed by atoms with Crippen LogP contribution in [-0.2, 0) is 16.1 Å². The van der Waals surface area contributed by atoms with Gasteiger partial charge in [0, 0.05) is 26.4 Å². The molecule has 1 atom stereocenters. The summed E-state index contributed by atoms with van der Waals surface area (Å²) in [5.74, 6) is -2.85. The van der Waals surface area contributed by atoms with Gasteiger partial charge in [-0.1, -0.05) is 6.08 Å². The van der Waals surface area contributed by atoms with Crippen molar-refractivity contribution in [2.75, 3.05) is 19.4 Å². The van der Waals surface area contributed by atoms with Crippen LogP contribution in [0, 0.1) is 11.6 Å². The molecule has 1 aromatic carbocycles. The molecular weight excluding hydrogens is 570 g/mol. The maximum absolute atomic E-state index is 14.1. The number of carboxylic acid groups (broad SMARTS) is 1. The van der Waals surface area contributed by atoms with Gasteiger partial charge in [0.2, 0.25) is 17.7 Å². The topological polar surface area (TPSA) is 184 Å². The number of anilines is 1. The molecule has 0 bridgehead atoms. The van der Waals surface area contributed by atoms with Gasteiger partial charge in [-0.3, -0.25) is 14.4 Å². The molecule has 43 heavy (non-hydrogen) atoms. The van der Waals surface area contributed by atoms with Gasteiger partial charge < -0.3 is 34.9 Å². The highest BCUT2D eigenvalue weighted by Crippen LogP contribution is 2.27. The molecule has 224 valence electrons. The monoisotopic (exact) mass is 596 g/mol. The van der Waals surface area contributed by atoms with Gasteiger partial charge in [0.05, 0.1) is 6.54 Å². The maximum atomic E-state index is 14.1. The zero-order valence-electron chi connectivity index (χ0n) is 22.9. The Morgan fingerprint density at radius 1 is 1.21 bits per heavy atom. The molecule has 4 rings (SSSR count). The minimum absolute atomic E-state index is 0.0304. The van der Waals surface area contributed by atoms with Gasteiger partial charge in [-0.15, -0.1) is 0 Å². The molecule has 3 heterocycles. The van der Waals surface area contributed by atoms with Crippen LogP contribution in [0.3, 0.4) is 0 Å². The van der Waals surface area contributed by atoms with E-state index < -0.39 is 35.2 Å². The Balaban J connectivity index is 1.49. The van der Waals surface area contributed by atoms with Gasteiger partial charge in [0.15, 0.2) is 17.2 Å². The third-order valence-corrected chi connectivity index (χ3v) is 5.94. The predicted octanol–water partition coefficient (Wildman–Crippen LogP) is 2.63. The number of hydrogen-bond donors (Lipinski definition) is 4. The third-order valence-electron chi connectivity index (χ3n) is 5.94. The number of aromatic amines is 1. The van der Waals surface area contributed by atoms with Crippen molar-refractivity contribution < 1.29 is 33.0 Å². The summed E-state index contributed by atoms with van der Waals surface area (Å²) >= 11 is 0. The second-order valence-electron chi connectivity index (χ2n) is 9.30. The summed E-state index contributed by atoms with van der Waals surface area (Å²) in [7, 11) is 3.15. The van der Waals surface area contributed by atoms with Crippen molar-refractivity contribution in [2.24, 2.45) is 0 Å². The van der Waals surface area contributed by atoms with Crippen LogP contribution in [0.1, 0.15) is 18.7 Å². The molecular formula is C27H26F2N8O6. The highest BCUT2D eigenvalue weighted by Gasteiger charge is 2.21. The SMILES string of the molecule is CN(C)C(=O)/C=C/CCC(NC(=O)O)C(=O)Nc1cccn(Cc2nc3ncnc(Oc4ccc(F)cc4F)c3[nH]2)c1=O. The number of aromatic nitrogens is 5. The predicted molar refractivity (Wildman–Crippen MR) is 149 cm³/mol. The minimum Gasteiger partial charge on any atom is -0.465 e. The average molecular weight is 597 g/mol. The fraction of sp³-hybridized carbons (Fsp3) is 0.222. The van der Waals surface area contributed by atoms with Crippen molar-refractivity contribution in [2.45, 2.75) is 25.4 Å². The second kappa shape index (κ2) is 13.3. The number of pyridine rings is 1. The molecule has 0 saturated carbocycles. The Bertz CT molecular complexity index is 1750. The number of likely N-dealkylation sites (N-methyl/N-ethyl adjacent to an activating group) is 1. The first-order chi connectivity index (χ1) is 20.5. The highest BCUT2D eigenvalue weighted by atomic mass is 19.1. The number of benzene rings is 1. The Morgan fingerprint density at radius 2 is 2.00 bits per heavy atom. The molecule has 0 saturated heterocycles. The first-order valence-electron chi connectivity index (χ1n) is 12.7. The molecule has 4 N–H and O–H groups in total. The Morgan fingerprint density at radius 3 is 2.72 bits per heavy atom. The number of hydrogen-bond acceptors (Lipinski definition) is 8. The molecule has 16 heteroatoms. The van der Waals surface area contributed by atoms with Crippen LogP contribution in [0.25, 0.3) is 11.2 Å². The maximum Gasteiger partial charge on any atom is 0.405 e. The number of halogens is 2. The zero-order chi connectivity index (χ0) is 31.1. The molecule has 4 aromatic rings. The minimum atomic E-state index is -1.43. The second-order valence-corrected chi connectivity index (χ2v) is 9.30.